The summed E-state index contributed by atoms with van der Waals surface area (Å²) in [6, 6.07) is 4.97. The molecular formula is C11H11ClN2O4S. The molecule has 1 fully saturated rings. The number of hydrogen-bond donors (Lipinski definition) is 2. The van der Waals surface area contributed by atoms with Crippen molar-refractivity contribution >= 4 is 33.4 Å². The van der Waals surface area contributed by atoms with Crippen molar-refractivity contribution in [3.05, 3.63) is 29.3 Å². The van der Waals surface area contributed by atoms with E-state index in [2.05, 4.69) is 10.0 Å². The molecule has 8 heteroatoms. The van der Waals surface area contributed by atoms with E-state index in [0.717, 1.165) is 0 Å². The first kappa shape index (κ1) is 14.0. The van der Waals surface area contributed by atoms with E-state index in [0.29, 0.717) is 0 Å². The van der Waals surface area contributed by atoms with Crippen LogP contribution in [-0.4, -0.2) is 26.3 Å². The third-order valence-electron chi connectivity index (χ3n) is 2.66. The summed E-state index contributed by atoms with van der Waals surface area (Å²) in [4.78, 5) is 22.4. The van der Waals surface area contributed by atoms with Gasteiger partial charge in [0.15, 0.2) is 0 Å². The predicted octanol–water partition coefficient (Wildman–Crippen LogP) is 0.423. The van der Waals surface area contributed by atoms with E-state index in [4.69, 9.17) is 11.6 Å². The summed E-state index contributed by atoms with van der Waals surface area (Å²) in [5, 5.41) is 2.15. The average molecular weight is 303 g/mol. The Morgan fingerprint density at radius 3 is 2.58 bits per heavy atom. The molecule has 2 amide bonds. The van der Waals surface area contributed by atoms with Crippen molar-refractivity contribution in [3.63, 3.8) is 0 Å². The number of imide groups is 1. The molecule has 0 spiro atoms. The molecule has 0 saturated carbocycles. The van der Waals surface area contributed by atoms with Gasteiger partial charge in [0, 0.05) is 6.42 Å². The van der Waals surface area contributed by atoms with Gasteiger partial charge in [-0.3, -0.25) is 14.9 Å². The van der Waals surface area contributed by atoms with Gasteiger partial charge in [-0.05, 0) is 18.6 Å². The van der Waals surface area contributed by atoms with E-state index >= 15 is 0 Å². The van der Waals surface area contributed by atoms with Gasteiger partial charge >= 0.3 is 0 Å². The van der Waals surface area contributed by atoms with Crippen molar-refractivity contribution in [1.82, 2.24) is 10.0 Å². The Morgan fingerprint density at radius 1 is 1.26 bits per heavy atom. The first-order valence-electron chi connectivity index (χ1n) is 5.51. The van der Waals surface area contributed by atoms with Crippen LogP contribution < -0.4 is 10.0 Å². The summed E-state index contributed by atoms with van der Waals surface area (Å²) < 4.78 is 26.4. The third-order valence-corrected chi connectivity index (χ3v) is 4.63. The summed E-state index contributed by atoms with van der Waals surface area (Å²) in [5.41, 5.74) is 0. The summed E-state index contributed by atoms with van der Waals surface area (Å²) >= 11 is 5.81. The van der Waals surface area contributed by atoms with Gasteiger partial charge in [-0.2, -0.15) is 4.72 Å². The molecule has 1 heterocycles. The predicted molar refractivity (Wildman–Crippen MR) is 67.9 cm³/mol. The number of carbonyl (C=O) groups excluding carboxylic acids is 2. The number of hydrogen-bond acceptors (Lipinski definition) is 4. The van der Waals surface area contributed by atoms with Crippen LogP contribution >= 0.6 is 11.6 Å². The Bertz CT molecular complexity index is 629. The van der Waals surface area contributed by atoms with Crippen LogP contribution in [-0.2, 0) is 19.6 Å². The molecule has 19 heavy (non-hydrogen) atoms. The van der Waals surface area contributed by atoms with Crippen molar-refractivity contribution in [1.29, 1.82) is 0 Å². The summed E-state index contributed by atoms with van der Waals surface area (Å²) in [6.07, 6.45) is 0.232. The fourth-order valence-corrected chi connectivity index (χ4v) is 3.47. The van der Waals surface area contributed by atoms with Crippen molar-refractivity contribution in [2.45, 2.75) is 23.8 Å². The average Bonchev–Trinajstić information content (AvgIpc) is 2.33. The van der Waals surface area contributed by atoms with Crippen LogP contribution in [0.4, 0.5) is 0 Å². The van der Waals surface area contributed by atoms with Gasteiger partial charge in [0.25, 0.3) is 0 Å². The fourth-order valence-electron chi connectivity index (χ4n) is 1.72. The molecule has 0 aliphatic carbocycles. The highest BCUT2D eigenvalue weighted by molar-refractivity contribution is 7.89. The summed E-state index contributed by atoms with van der Waals surface area (Å²) in [6.45, 7) is 0. The molecule has 1 aromatic carbocycles. The Morgan fingerprint density at radius 2 is 1.95 bits per heavy atom. The van der Waals surface area contributed by atoms with Gasteiger partial charge in [-0.15, -0.1) is 0 Å². The van der Waals surface area contributed by atoms with Gasteiger partial charge in [0.05, 0.1) is 5.02 Å². The van der Waals surface area contributed by atoms with Crippen LogP contribution in [0.15, 0.2) is 29.2 Å². The summed E-state index contributed by atoms with van der Waals surface area (Å²) in [5.74, 6) is -1.05. The molecular weight excluding hydrogens is 292 g/mol. The number of carbonyl (C=O) groups is 2. The largest absolute Gasteiger partial charge is 0.295 e. The van der Waals surface area contributed by atoms with E-state index in [1.165, 1.54) is 18.2 Å². The zero-order valence-corrected chi connectivity index (χ0v) is 11.3. The quantitative estimate of drug-likeness (QED) is 0.792. The third kappa shape index (κ3) is 3.12. The number of piperidine rings is 1. The Kier molecular flexibility index (Phi) is 3.88. The minimum absolute atomic E-state index is 0.0716. The fraction of sp³-hybridized carbons (Fsp3) is 0.273. The maximum absolute atomic E-state index is 12.1. The second kappa shape index (κ2) is 5.28. The zero-order chi connectivity index (χ0) is 14.0. The maximum Gasteiger partial charge on any atom is 0.244 e. The molecule has 2 rings (SSSR count). The lowest BCUT2D eigenvalue weighted by atomic mass is 10.1. The number of nitrogens with one attached hydrogen (secondary N) is 2. The number of rotatable bonds is 3. The number of amides is 2. The Hall–Kier alpha value is -1.44. The molecule has 1 saturated heterocycles. The lowest BCUT2D eigenvalue weighted by Crippen LogP contribution is -2.52. The second-order valence-corrected chi connectivity index (χ2v) is 6.15. The second-order valence-electron chi connectivity index (χ2n) is 4.06. The Labute approximate surface area is 115 Å². The standard InChI is InChI=1S/C11H11ClN2O4S/c12-7-3-1-2-4-9(7)19(17,18)14-8-5-6-10(15)13-11(8)16/h1-4,8,14H,5-6H2,(H,13,15,16). The number of benzene rings is 1. The lowest BCUT2D eigenvalue weighted by molar-refractivity contribution is -0.134. The highest BCUT2D eigenvalue weighted by atomic mass is 35.5. The van der Waals surface area contributed by atoms with Crippen LogP contribution in [0.3, 0.4) is 0 Å². The van der Waals surface area contributed by atoms with Crippen molar-refractivity contribution in [2.75, 3.05) is 0 Å². The van der Waals surface area contributed by atoms with Crippen LogP contribution in [0.25, 0.3) is 0 Å². The van der Waals surface area contributed by atoms with E-state index in [1.807, 2.05) is 0 Å². The van der Waals surface area contributed by atoms with Crippen LogP contribution in [0.2, 0.25) is 5.02 Å². The molecule has 1 aromatic rings. The van der Waals surface area contributed by atoms with E-state index < -0.39 is 27.9 Å². The lowest BCUT2D eigenvalue weighted by Gasteiger charge is -2.21. The minimum atomic E-state index is -3.90. The molecule has 0 bridgehead atoms. The van der Waals surface area contributed by atoms with Crippen molar-refractivity contribution < 1.29 is 18.0 Å². The molecule has 1 unspecified atom stereocenters. The number of halogens is 1. The Balaban J connectivity index is 2.21. The molecule has 0 radical (unpaired) electrons. The first-order chi connectivity index (χ1) is 8.90. The van der Waals surface area contributed by atoms with Gasteiger partial charge in [0.1, 0.15) is 10.9 Å². The van der Waals surface area contributed by atoms with Crippen LogP contribution in [0.5, 0.6) is 0 Å². The minimum Gasteiger partial charge on any atom is -0.295 e. The van der Waals surface area contributed by atoms with Gasteiger partial charge in [-0.1, -0.05) is 23.7 Å². The van der Waals surface area contributed by atoms with Crippen molar-refractivity contribution in [3.8, 4) is 0 Å². The normalized spacial score (nSPS) is 20.2. The van der Waals surface area contributed by atoms with Crippen LogP contribution in [0, 0.1) is 0 Å². The molecule has 102 valence electrons. The van der Waals surface area contributed by atoms with Gasteiger partial charge in [0.2, 0.25) is 21.8 Å². The van der Waals surface area contributed by atoms with E-state index in [9.17, 15) is 18.0 Å². The SMILES string of the molecule is O=C1CCC(NS(=O)(=O)c2ccccc2Cl)C(=O)N1. The molecule has 1 aliphatic heterocycles. The smallest absolute Gasteiger partial charge is 0.244 e. The maximum atomic E-state index is 12.1. The zero-order valence-electron chi connectivity index (χ0n) is 9.72. The highest BCUT2D eigenvalue weighted by Gasteiger charge is 2.31. The van der Waals surface area contributed by atoms with E-state index in [-0.39, 0.29) is 22.8 Å². The molecule has 2 N–H and O–H groups in total. The molecule has 6 nitrogen and oxygen atoms in total. The van der Waals surface area contributed by atoms with E-state index in [1.54, 1.807) is 6.07 Å². The molecule has 1 aliphatic rings. The van der Waals surface area contributed by atoms with Crippen molar-refractivity contribution in [2.24, 2.45) is 0 Å². The number of sulfonamides is 1. The molecule has 0 aromatic heterocycles. The van der Waals surface area contributed by atoms with Gasteiger partial charge in [-0.25, -0.2) is 8.42 Å². The van der Waals surface area contributed by atoms with Crippen LogP contribution in [0.1, 0.15) is 12.8 Å². The topological polar surface area (TPSA) is 92.3 Å². The summed E-state index contributed by atoms with van der Waals surface area (Å²) in [7, 11) is -3.90. The highest BCUT2D eigenvalue weighted by Crippen LogP contribution is 2.21. The monoisotopic (exact) mass is 302 g/mol. The molecule has 1 atom stereocenters. The van der Waals surface area contributed by atoms with Gasteiger partial charge < -0.3 is 0 Å². The first-order valence-corrected chi connectivity index (χ1v) is 7.37.